The Morgan fingerprint density at radius 1 is 1.25 bits per heavy atom. The van der Waals surface area contributed by atoms with Crippen LogP contribution in [0.3, 0.4) is 0 Å². The molecule has 1 aromatic rings. The molecule has 1 saturated heterocycles. The number of ketones is 1. The van der Waals surface area contributed by atoms with E-state index < -0.39 is 6.04 Å². The van der Waals surface area contributed by atoms with Crippen LogP contribution in [0.1, 0.15) is 61.9 Å². The SMILES string of the molecule is CC(=O)C(CC1(C)CCCC1)NC(=O)c1ccc(O)c(CN2CCOCC2)c1. The monoisotopic (exact) mass is 388 g/mol. The lowest BCUT2D eigenvalue weighted by atomic mass is 9.81. The number of aromatic hydroxyl groups is 1. The molecule has 1 heterocycles. The van der Waals surface area contributed by atoms with Crippen LogP contribution in [0.4, 0.5) is 0 Å². The second-order valence-electron chi connectivity index (χ2n) is 8.59. The van der Waals surface area contributed by atoms with Crippen LogP contribution in [0, 0.1) is 5.41 Å². The molecule has 1 aliphatic heterocycles. The number of morpholine rings is 1. The Labute approximate surface area is 167 Å². The first-order valence-corrected chi connectivity index (χ1v) is 10.3. The summed E-state index contributed by atoms with van der Waals surface area (Å²) in [6.45, 7) is 7.30. The van der Waals surface area contributed by atoms with Gasteiger partial charge in [-0.2, -0.15) is 0 Å². The molecular weight excluding hydrogens is 356 g/mol. The number of nitrogens with one attached hydrogen (secondary N) is 1. The van der Waals surface area contributed by atoms with Gasteiger partial charge in [0.05, 0.1) is 19.3 Å². The van der Waals surface area contributed by atoms with Crippen molar-refractivity contribution in [1.29, 1.82) is 0 Å². The summed E-state index contributed by atoms with van der Waals surface area (Å²) in [7, 11) is 0. The Kier molecular flexibility index (Phi) is 6.73. The Balaban J connectivity index is 1.68. The van der Waals surface area contributed by atoms with E-state index in [1.54, 1.807) is 25.1 Å². The van der Waals surface area contributed by atoms with Crippen LogP contribution in [0.25, 0.3) is 0 Å². The molecule has 2 aliphatic rings. The van der Waals surface area contributed by atoms with Crippen molar-refractivity contribution in [2.24, 2.45) is 5.41 Å². The van der Waals surface area contributed by atoms with Gasteiger partial charge in [-0.05, 0) is 49.8 Å². The minimum atomic E-state index is -0.466. The minimum absolute atomic E-state index is 0.00575. The average molecular weight is 389 g/mol. The number of phenols is 1. The number of amides is 1. The third-order valence-electron chi connectivity index (χ3n) is 6.14. The second-order valence-corrected chi connectivity index (χ2v) is 8.59. The molecule has 0 bridgehead atoms. The van der Waals surface area contributed by atoms with Crippen molar-refractivity contribution >= 4 is 11.7 Å². The zero-order valence-corrected chi connectivity index (χ0v) is 17.0. The van der Waals surface area contributed by atoms with Crippen LogP contribution >= 0.6 is 0 Å². The van der Waals surface area contributed by atoms with Gasteiger partial charge in [-0.15, -0.1) is 0 Å². The van der Waals surface area contributed by atoms with Crippen molar-refractivity contribution < 1.29 is 19.4 Å². The highest BCUT2D eigenvalue weighted by Gasteiger charge is 2.33. The van der Waals surface area contributed by atoms with E-state index in [-0.39, 0.29) is 22.9 Å². The maximum atomic E-state index is 12.8. The number of phenolic OH excluding ortho intramolecular Hbond substituents is 1. The van der Waals surface area contributed by atoms with E-state index in [9.17, 15) is 14.7 Å². The van der Waals surface area contributed by atoms with Crippen LogP contribution < -0.4 is 5.32 Å². The van der Waals surface area contributed by atoms with Gasteiger partial charge in [0.2, 0.25) is 0 Å². The van der Waals surface area contributed by atoms with E-state index in [1.165, 1.54) is 12.8 Å². The molecule has 28 heavy (non-hydrogen) atoms. The van der Waals surface area contributed by atoms with Crippen molar-refractivity contribution in [3.8, 4) is 5.75 Å². The zero-order chi connectivity index (χ0) is 20.1. The Morgan fingerprint density at radius 2 is 1.93 bits per heavy atom. The van der Waals surface area contributed by atoms with E-state index in [0.29, 0.717) is 31.7 Å². The standard InChI is InChI=1S/C22H32N2O4/c1-16(25)19(14-22(2)7-3-4-8-22)23-21(27)17-5-6-20(26)18(13-17)15-24-9-11-28-12-10-24/h5-6,13,19,26H,3-4,7-12,14-15H2,1-2H3,(H,23,27). The second kappa shape index (κ2) is 9.05. The molecule has 1 unspecified atom stereocenters. The number of hydrogen-bond acceptors (Lipinski definition) is 5. The maximum absolute atomic E-state index is 12.8. The van der Waals surface area contributed by atoms with Gasteiger partial charge < -0.3 is 15.2 Å². The van der Waals surface area contributed by atoms with Gasteiger partial charge in [-0.1, -0.05) is 19.8 Å². The Bertz CT molecular complexity index is 706. The first-order valence-electron chi connectivity index (χ1n) is 10.3. The lowest BCUT2D eigenvalue weighted by Crippen LogP contribution is -2.42. The van der Waals surface area contributed by atoms with E-state index >= 15 is 0 Å². The highest BCUT2D eigenvalue weighted by atomic mass is 16.5. The van der Waals surface area contributed by atoms with Gasteiger partial charge in [-0.25, -0.2) is 0 Å². The summed E-state index contributed by atoms with van der Waals surface area (Å²) in [5, 5.41) is 13.1. The normalized spacial score (nSPS) is 20.6. The van der Waals surface area contributed by atoms with Crippen molar-refractivity contribution in [2.45, 2.75) is 58.5 Å². The fraction of sp³-hybridized carbons (Fsp3) is 0.636. The summed E-state index contributed by atoms with van der Waals surface area (Å²) in [5.74, 6) is -0.0801. The van der Waals surface area contributed by atoms with E-state index in [1.807, 2.05) is 0 Å². The first kappa shape index (κ1) is 20.8. The van der Waals surface area contributed by atoms with Gasteiger partial charge >= 0.3 is 0 Å². The van der Waals surface area contributed by atoms with Crippen molar-refractivity contribution in [3.05, 3.63) is 29.3 Å². The van der Waals surface area contributed by atoms with E-state index in [4.69, 9.17) is 4.74 Å². The largest absolute Gasteiger partial charge is 0.508 e. The quantitative estimate of drug-likeness (QED) is 0.751. The number of hydrogen-bond donors (Lipinski definition) is 2. The van der Waals surface area contributed by atoms with Crippen LogP contribution in [-0.2, 0) is 16.1 Å². The molecule has 6 nitrogen and oxygen atoms in total. The number of nitrogens with zero attached hydrogens (tertiary/aromatic N) is 1. The number of carbonyl (C=O) groups is 2. The number of Topliss-reactive ketones (excluding diaryl/α,β-unsaturated/α-hetero) is 1. The summed E-state index contributed by atoms with van der Waals surface area (Å²) >= 11 is 0. The molecule has 1 atom stereocenters. The number of rotatable bonds is 7. The Hall–Kier alpha value is -1.92. The highest BCUT2D eigenvalue weighted by Crippen LogP contribution is 2.41. The summed E-state index contributed by atoms with van der Waals surface area (Å²) in [6, 6.07) is 4.44. The summed E-state index contributed by atoms with van der Waals surface area (Å²) in [4.78, 5) is 27.2. The van der Waals surface area contributed by atoms with Crippen molar-refractivity contribution in [1.82, 2.24) is 10.2 Å². The molecule has 0 aromatic heterocycles. The molecule has 0 radical (unpaired) electrons. The highest BCUT2D eigenvalue weighted by molar-refractivity contribution is 5.97. The molecule has 1 amide bonds. The average Bonchev–Trinajstić information content (AvgIpc) is 3.10. The number of benzene rings is 1. The third kappa shape index (κ3) is 5.32. The molecule has 3 rings (SSSR count). The molecule has 2 fully saturated rings. The molecule has 154 valence electrons. The fourth-order valence-electron chi connectivity index (χ4n) is 4.32. The van der Waals surface area contributed by atoms with E-state index in [0.717, 1.165) is 31.5 Å². The molecule has 0 spiro atoms. The minimum Gasteiger partial charge on any atom is -0.508 e. The summed E-state index contributed by atoms with van der Waals surface area (Å²) in [6.07, 6.45) is 5.29. The predicted molar refractivity (Wildman–Crippen MR) is 107 cm³/mol. The molecule has 2 N–H and O–H groups in total. The van der Waals surface area contributed by atoms with Gasteiger partial charge in [0.25, 0.3) is 5.91 Å². The number of carbonyl (C=O) groups excluding carboxylic acids is 2. The number of ether oxygens (including phenoxy) is 1. The predicted octanol–water partition coefficient (Wildman–Crippen LogP) is 2.88. The van der Waals surface area contributed by atoms with Gasteiger partial charge in [-0.3, -0.25) is 14.5 Å². The van der Waals surface area contributed by atoms with Gasteiger partial charge in [0, 0.05) is 30.8 Å². The fourth-order valence-corrected chi connectivity index (χ4v) is 4.32. The molecular formula is C22H32N2O4. The van der Waals surface area contributed by atoms with Crippen LogP contribution in [-0.4, -0.2) is 54.0 Å². The first-order chi connectivity index (χ1) is 13.4. The lowest BCUT2D eigenvalue weighted by molar-refractivity contribution is -0.119. The molecule has 1 saturated carbocycles. The Morgan fingerprint density at radius 3 is 2.57 bits per heavy atom. The summed E-state index contributed by atoms with van der Waals surface area (Å²) in [5.41, 5.74) is 1.32. The van der Waals surface area contributed by atoms with Gasteiger partial charge in [0.15, 0.2) is 5.78 Å². The molecule has 6 heteroatoms. The smallest absolute Gasteiger partial charge is 0.251 e. The van der Waals surface area contributed by atoms with Crippen molar-refractivity contribution in [3.63, 3.8) is 0 Å². The van der Waals surface area contributed by atoms with Crippen LogP contribution in [0.5, 0.6) is 5.75 Å². The maximum Gasteiger partial charge on any atom is 0.251 e. The molecule has 1 aromatic carbocycles. The lowest BCUT2D eigenvalue weighted by Gasteiger charge is -2.29. The third-order valence-corrected chi connectivity index (χ3v) is 6.14. The van der Waals surface area contributed by atoms with Crippen LogP contribution in [0.15, 0.2) is 18.2 Å². The van der Waals surface area contributed by atoms with E-state index in [2.05, 4.69) is 17.1 Å². The van der Waals surface area contributed by atoms with Crippen LogP contribution in [0.2, 0.25) is 0 Å². The summed E-state index contributed by atoms with van der Waals surface area (Å²) < 4.78 is 5.36. The topological polar surface area (TPSA) is 78.9 Å². The molecule has 1 aliphatic carbocycles. The zero-order valence-electron chi connectivity index (χ0n) is 17.0. The van der Waals surface area contributed by atoms with Gasteiger partial charge in [0.1, 0.15) is 5.75 Å². The van der Waals surface area contributed by atoms with Crippen molar-refractivity contribution in [2.75, 3.05) is 26.3 Å².